The number of halogens is 3. The third kappa shape index (κ3) is 3.99. The highest BCUT2D eigenvalue weighted by molar-refractivity contribution is 5.72. The van der Waals surface area contributed by atoms with Gasteiger partial charge in [-0.05, 0) is 18.6 Å². The highest BCUT2D eigenvalue weighted by Gasteiger charge is 2.32. The van der Waals surface area contributed by atoms with Gasteiger partial charge in [-0.1, -0.05) is 6.07 Å². The van der Waals surface area contributed by atoms with Gasteiger partial charge in [0, 0.05) is 19.2 Å². The third-order valence-corrected chi connectivity index (χ3v) is 2.18. The maximum atomic E-state index is 12.2. The number of aromatic nitrogens is 1. The van der Waals surface area contributed by atoms with Gasteiger partial charge in [-0.3, -0.25) is 4.98 Å². The number of nitrogens with zero attached hydrogens (tertiary/aromatic N) is 1. The lowest BCUT2D eigenvalue weighted by Gasteiger charge is -2.12. The number of hydrogen-bond donors (Lipinski definition) is 1. The van der Waals surface area contributed by atoms with Crippen LogP contribution in [0.15, 0.2) is 18.3 Å². The van der Waals surface area contributed by atoms with Gasteiger partial charge in [0.25, 0.3) is 0 Å². The second-order valence-electron chi connectivity index (χ2n) is 3.54. The van der Waals surface area contributed by atoms with Crippen molar-refractivity contribution >= 4 is 5.97 Å². The minimum absolute atomic E-state index is 0.0195. The maximum absolute atomic E-state index is 12.2. The van der Waals surface area contributed by atoms with Crippen LogP contribution in [0.5, 0.6) is 0 Å². The van der Waals surface area contributed by atoms with E-state index in [1.165, 1.54) is 6.07 Å². The Morgan fingerprint density at radius 2 is 2.17 bits per heavy atom. The number of hydrogen-bond acceptors (Lipinski definition) is 3. The van der Waals surface area contributed by atoms with Gasteiger partial charge in [0.1, 0.15) is 5.69 Å². The average Bonchev–Trinajstić information content (AvgIpc) is 2.28. The SMILES string of the molecule is CCOC(Cc1ccc(C(F)(F)F)nc1)C(=O)O. The van der Waals surface area contributed by atoms with Gasteiger partial charge in [0.15, 0.2) is 6.10 Å². The molecule has 0 saturated heterocycles. The predicted octanol–water partition coefficient (Wildman–Crippen LogP) is 2.13. The van der Waals surface area contributed by atoms with Crippen LogP contribution in [-0.4, -0.2) is 28.8 Å². The Labute approximate surface area is 101 Å². The molecule has 4 nitrogen and oxygen atoms in total. The van der Waals surface area contributed by atoms with Crippen molar-refractivity contribution in [3.05, 3.63) is 29.6 Å². The first-order chi connectivity index (χ1) is 8.34. The van der Waals surface area contributed by atoms with Gasteiger partial charge in [0.05, 0.1) is 0 Å². The Morgan fingerprint density at radius 1 is 1.50 bits per heavy atom. The van der Waals surface area contributed by atoms with E-state index >= 15 is 0 Å². The fourth-order valence-corrected chi connectivity index (χ4v) is 1.35. The maximum Gasteiger partial charge on any atom is 0.433 e. The summed E-state index contributed by atoms with van der Waals surface area (Å²) in [4.78, 5) is 14.0. The van der Waals surface area contributed by atoms with Gasteiger partial charge in [-0.15, -0.1) is 0 Å². The van der Waals surface area contributed by atoms with Crippen molar-refractivity contribution in [2.45, 2.75) is 25.6 Å². The Bertz CT molecular complexity index is 403. The first-order valence-corrected chi connectivity index (χ1v) is 5.21. The Morgan fingerprint density at radius 3 is 2.56 bits per heavy atom. The van der Waals surface area contributed by atoms with Gasteiger partial charge < -0.3 is 9.84 Å². The molecule has 1 rings (SSSR count). The number of carbonyl (C=O) groups is 1. The molecular weight excluding hydrogens is 251 g/mol. The van der Waals surface area contributed by atoms with Crippen molar-refractivity contribution in [2.24, 2.45) is 0 Å². The van der Waals surface area contributed by atoms with Crippen LogP contribution in [0.2, 0.25) is 0 Å². The molecule has 1 aromatic rings. The Kier molecular flexibility index (Phi) is 4.66. The molecule has 0 saturated carbocycles. The van der Waals surface area contributed by atoms with E-state index in [2.05, 4.69) is 4.98 Å². The Hall–Kier alpha value is -1.63. The molecule has 1 N–H and O–H groups in total. The van der Waals surface area contributed by atoms with Crippen LogP contribution >= 0.6 is 0 Å². The van der Waals surface area contributed by atoms with E-state index in [4.69, 9.17) is 9.84 Å². The lowest BCUT2D eigenvalue weighted by molar-refractivity contribution is -0.150. The van der Waals surface area contributed by atoms with Crippen molar-refractivity contribution in [2.75, 3.05) is 6.61 Å². The minimum Gasteiger partial charge on any atom is -0.479 e. The monoisotopic (exact) mass is 263 g/mol. The molecule has 0 aliphatic heterocycles. The Balaban J connectivity index is 2.76. The number of carboxylic acid groups (broad SMARTS) is 1. The van der Waals surface area contributed by atoms with E-state index in [1.807, 2.05) is 0 Å². The molecule has 1 unspecified atom stereocenters. The van der Waals surface area contributed by atoms with Crippen LogP contribution < -0.4 is 0 Å². The minimum atomic E-state index is -4.50. The van der Waals surface area contributed by atoms with Crippen LogP contribution in [-0.2, 0) is 22.1 Å². The molecule has 0 fully saturated rings. The molecule has 0 amide bonds. The number of carboxylic acids is 1. The predicted molar refractivity (Wildman–Crippen MR) is 56.0 cm³/mol. The van der Waals surface area contributed by atoms with Crippen LogP contribution in [0, 0.1) is 0 Å². The lowest BCUT2D eigenvalue weighted by atomic mass is 10.1. The van der Waals surface area contributed by atoms with E-state index < -0.39 is 23.9 Å². The van der Waals surface area contributed by atoms with E-state index in [0.29, 0.717) is 5.56 Å². The van der Waals surface area contributed by atoms with Crippen LogP contribution in [0.25, 0.3) is 0 Å². The second kappa shape index (κ2) is 5.81. The van der Waals surface area contributed by atoms with Crippen molar-refractivity contribution in [3.63, 3.8) is 0 Å². The van der Waals surface area contributed by atoms with E-state index in [0.717, 1.165) is 12.3 Å². The van der Waals surface area contributed by atoms with E-state index in [9.17, 15) is 18.0 Å². The first kappa shape index (κ1) is 14.4. The summed E-state index contributed by atoms with van der Waals surface area (Å²) in [6.45, 7) is 1.85. The number of pyridine rings is 1. The standard InChI is InChI=1S/C11H12F3NO3/c1-2-18-8(10(16)17)5-7-3-4-9(15-6-7)11(12,13)14/h3-4,6,8H,2,5H2,1H3,(H,16,17). The smallest absolute Gasteiger partial charge is 0.433 e. The molecule has 0 aliphatic rings. The number of aliphatic carboxylic acids is 1. The largest absolute Gasteiger partial charge is 0.479 e. The number of rotatable bonds is 5. The summed E-state index contributed by atoms with van der Waals surface area (Å²) in [5, 5.41) is 8.82. The molecule has 0 bridgehead atoms. The van der Waals surface area contributed by atoms with Crippen molar-refractivity contribution < 1.29 is 27.8 Å². The summed E-state index contributed by atoms with van der Waals surface area (Å²) in [5.74, 6) is -1.16. The van der Waals surface area contributed by atoms with Gasteiger partial charge >= 0.3 is 12.1 Å². The molecule has 1 heterocycles. The zero-order valence-corrected chi connectivity index (χ0v) is 9.57. The summed E-state index contributed by atoms with van der Waals surface area (Å²) in [6.07, 6.45) is -4.58. The number of ether oxygens (including phenoxy) is 1. The molecule has 1 aromatic heterocycles. The molecule has 0 aliphatic carbocycles. The second-order valence-corrected chi connectivity index (χ2v) is 3.54. The molecule has 100 valence electrons. The molecule has 7 heteroatoms. The highest BCUT2D eigenvalue weighted by Crippen LogP contribution is 2.27. The van der Waals surface area contributed by atoms with Gasteiger partial charge in [-0.25, -0.2) is 4.79 Å². The van der Waals surface area contributed by atoms with Crippen LogP contribution in [0.4, 0.5) is 13.2 Å². The summed E-state index contributed by atoms with van der Waals surface area (Å²) in [7, 11) is 0. The van der Waals surface area contributed by atoms with Crippen LogP contribution in [0.3, 0.4) is 0 Å². The molecule has 0 spiro atoms. The van der Waals surface area contributed by atoms with Crippen molar-refractivity contribution in [3.8, 4) is 0 Å². The fourth-order valence-electron chi connectivity index (χ4n) is 1.35. The topological polar surface area (TPSA) is 59.4 Å². The van der Waals surface area contributed by atoms with E-state index in [1.54, 1.807) is 6.92 Å². The molecule has 0 aromatic carbocycles. The molecule has 0 radical (unpaired) electrons. The molecule has 1 atom stereocenters. The molecular formula is C11H12F3NO3. The van der Waals surface area contributed by atoms with Crippen LogP contribution in [0.1, 0.15) is 18.2 Å². The van der Waals surface area contributed by atoms with Crippen molar-refractivity contribution in [1.82, 2.24) is 4.98 Å². The van der Waals surface area contributed by atoms with E-state index in [-0.39, 0.29) is 13.0 Å². The van der Waals surface area contributed by atoms with Crippen molar-refractivity contribution in [1.29, 1.82) is 0 Å². The quantitative estimate of drug-likeness (QED) is 0.884. The van der Waals surface area contributed by atoms with Gasteiger partial charge in [0.2, 0.25) is 0 Å². The lowest BCUT2D eigenvalue weighted by Crippen LogP contribution is -2.26. The summed E-state index contributed by atoms with van der Waals surface area (Å²) in [6, 6.07) is 2.02. The van der Waals surface area contributed by atoms with Gasteiger partial charge in [-0.2, -0.15) is 13.2 Å². The summed E-state index contributed by atoms with van der Waals surface area (Å²) < 4.78 is 41.7. The molecule has 18 heavy (non-hydrogen) atoms. The highest BCUT2D eigenvalue weighted by atomic mass is 19.4. The first-order valence-electron chi connectivity index (χ1n) is 5.21. The summed E-state index contributed by atoms with van der Waals surface area (Å²) >= 11 is 0. The zero-order chi connectivity index (χ0) is 13.8. The normalized spacial score (nSPS) is 13.3. The third-order valence-electron chi connectivity index (χ3n) is 2.18. The fraction of sp³-hybridized carbons (Fsp3) is 0.455. The number of alkyl halides is 3. The average molecular weight is 263 g/mol. The summed E-state index contributed by atoms with van der Waals surface area (Å²) in [5.41, 5.74) is -0.626. The zero-order valence-electron chi connectivity index (χ0n) is 9.57.